The first-order valence-corrected chi connectivity index (χ1v) is 6.20. The van der Waals surface area contributed by atoms with Gasteiger partial charge in [-0.15, -0.1) is 11.3 Å². The summed E-state index contributed by atoms with van der Waals surface area (Å²) < 4.78 is 0. The summed E-state index contributed by atoms with van der Waals surface area (Å²) in [5, 5.41) is 12.4. The Morgan fingerprint density at radius 2 is 2.18 bits per heavy atom. The van der Waals surface area contributed by atoms with Crippen LogP contribution in [0.15, 0.2) is 0 Å². The average molecular weight is 256 g/mol. The highest BCUT2D eigenvalue weighted by Gasteiger charge is 2.21. The van der Waals surface area contributed by atoms with Gasteiger partial charge in [0.1, 0.15) is 4.88 Å². The first-order chi connectivity index (χ1) is 7.95. The van der Waals surface area contributed by atoms with Crippen LogP contribution in [-0.2, 0) is 11.2 Å². The highest BCUT2D eigenvalue weighted by Crippen LogP contribution is 2.25. The fourth-order valence-corrected chi connectivity index (χ4v) is 2.65. The van der Waals surface area contributed by atoms with E-state index in [0.717, 1.165) is 11.4 Å². The molecule has 17 heavy (non-hydrogen) atoms. The highest BCUT2D eigenvalue weighted by atomic mass is 32.1. The van der Waals surface area contributed by atoms with Gasteiger partial charge in [-0.3, -0.25) is 4.79 Å². The van der Waals surface area contributed by atoms with E-state index in [-0.39, 0.29) is 10.9 Å². The second-order valence-corrected chi connectivity index (χ2v) is 5.31. The number of carboxylic acids is 1. The summed E-state index contributed by atoms with van der Waals surface area (Å²) in [7, 11) is 0. The third-order valence-corrected chi connectivity index (χ3v) is 3.28. The first kappa shape index (κ1) is 13.6. The molecule has 1 aromatic rings. The number of thiazole rings is 1. The largest absolute Gasteiger partial charge is 0.477 e. The Kier molecular flexibility index (Phi) is 4.62. The number of carboxylic acid groups (broad SMARTS) is 1. The lowest BCUT2D eigenvalue weighted by atomic mass is 10.1. The number of carbonyl (C=O) groups excluding carboxylic acids is 1. The molecule has 6 heteroatoms. The predicted molar refractivity (Wildman–Crippen MR) is 65.2 cm³/mol. The molecule has 1 heterocycles. The Balaban J connectivity index is 3.04. The van der Waals surface area contributed by atoms with Crippen molar-refractivity contribution >= 4 is 23.7 Å². The minimum Gasteiger partial charge on any atom is -0.477 e. The van der Waals surface area contributed by atoms with Crippen molar-refractivity contribution < 1.29 is 14.7 Å². The van der Waals surface area contributed by atoms with E-state index < -0.39 is 5.97 Å². The quantitative estimate of drug-likeness (QED) is 0.761. The van der Waals surface area contributed by atoms with Gasteiger partial charge in [0.2, 0.25) is 6.41 Å². The maximum Gasteiger partial charge on any atom is 0.347 e. The predicted octanol–water partition coefficient (Wildman–Crippen LogP) is 1.85. The van der Waals surface area contributed by atoms with Crippen LogP contribution in [0.2, 0.25) is 0 Å². The van der Waals surface area contributed by atoms with Gasteiger partial charge < -0.3 is 10.4 Å². The number of aromatic nitrogens is 1. The second-order valence-electron chi connectivity index (χ2n) is 4.23. The molecule has 0 aliphatic heterocycles. The van der Waals surface area contributed by atoms with E-state index in [1.54, 1.807) is 6.92 Å². The van der Waals surface area contributed by atoms with E-state index >= 15 is 0 Å². The molecule has 0 unspecified atom stereocenters. The van der Waals surface area contributed by atoms with E-state index in [0.29, 0.717) is 18.0 Å². The third-order valence-electron chi connectivity index (χ3n) is 2.20. The monoisotopic (exact) mass is 256 g/mol. The Morgan fingerprint density at radius 3 is 2.65 bits per heavy atom. The molecule has 2 N–H and O–H groups in total. The fraction of sp³-hybridized carbons (Fsp3) is 0.545. The van der Waals surface area contributed by atoms with Gasteiger partial charge in [0.15, 0.2) is 0 Å². The maximum absolute atomic E-state index is 11.1. The summed E-state index contributed by atoms with van der Waals surface area (Å²) in [5.74, 6) is -0.572. The van der Waals surface area contributed by atoms with Crippen LogP contribution in [0.5, 0.6) is 0 Å². The normalized spacial score (nSPS) is 12.5. The van der Waals surface area contributed by atoms with Crippen LogP contribution in [0.25, 0.3) is 0 Å². The van der Waals surface area contributed by atoms with E-state index in [1.807, 2.05) is 0 Å². The lowest BCUT2D eigenvalue weighted by molar-refractivity contribution is -0.110. The maximum atomic E-state index is 11.1. The van der Waals surface area contributed by atoms with Crippen LogP contribution in [0.1, 0.15) is 47.2 Å². The molecular weight excluding hydrogens is 240 g/mol. The summed E-state index contributed by atoms with van der Waals surface area (Å²) >= 11 is 1.18. The van der Waals surface area contributed by atoms with Crippen molar-refractivity contribution in [2.24, 2.45) is 5.92 Å². The summed E-state index contributed by atoms with van der Waals surface area (Å²) in [6, 6.07) is -0.379. The molecule has 1 amide bonds. The molecule has 1 rings (SSSR count). The molecular formula is C11H16N2O3S. The molecule has 0 aliphatic rings. The van der Waals surface area contributed by atoms with Crippen molar-refractivity contribution in [3.63, 3.8) is 0 Å². The van der Waals surface area contributed by atoms with Gasteiger partial charge in [0.05, 0.1) is 16.7 Å². The molecule has 0 aliphatic carbocycles. The molecule has 1 aromatic heterocycles. The Bertz CT molecular complexity index is 415. The number of amides is 1. The molecule has 94 valence electrons. The molecule has 0 radical (unpaired) electrons. The van der Waals surface area contributed by atoms with Crippen LogP contribution in [0.4, 0.5) is 0 Å². The highest BCUT2D eigenvalue weighted by molar-refractivity contribution is 7.13. The Morgan fingerprint density at radius 1 is 1.53 bits per heavy atom. The smallest absolute Gasteiger partial charge is 0.347 e. The van der Waals surface area contributed by atoms with Crippen molar-refractivity contribution in [2.45, 2.75) is 33.2 Å². The second kappa shape index (κ2) is 5.77. The Hall–Kier alpha value is -1.43. The van der Waals surface area contributed by atoms with Crippen molar-refractivity contribution in [1.82, 2.24) is 10.3 Å². The number of carbonyl (C=O) groups is 2. The van der Waals surface area contributed by atoms with Crippen molar-refractivity contribution in [3.8, 4) is 0 Å². The molecule has 0 fully saturated rings. The van der Waals surface area contributed by atoms with Crippen molar-refractivity contribution in [3.05, 3.63) is 15.6 Å². The zero-order chi connectivity index (χ0) is 13.0. The number of nitrogens with one attached hydrogen (secondary N) is 1. The topological polar surface area (TPSA) is 79.3 Å². The van der Waals surface area contributed by atoms with Gasteiger partial charge in [0.25, 0.3) is 0 Å². The minimum absolute atomic E-state index is 0.211. The summed E-state index contributed by atoms with van der Waals surface area (Å²) in [5.41, 5.74) is 0.435. The number of hydrogen-bond acceptors (Lipinski definition) is 4. The first-order valence-electron chi connectivity index (χ1n) is 5.38. The summed E-state index contributed by atoms with van der Waals surface area (Å²) in [6.45, 7) is 5.82. The summed E-state index contributed by atoms with van der Waals surface area (Å²) in [6.07, 6.45) is 1.30. The van der Waals surface area contributed by atoms with Crippen LogP contribution in [0, 0.1) is 5.92 Å². The molecule has 1 atom stereocenters. The SMILES string of the molecule is CC(C)Cc1nc([C@H](C)NC=O)c(C(=O)O)s1. The van der Waals surface area contributed by atoms with Crippen molar-refractivity contribution in [1.29, 1.82) is 0 Å². The minimum atomic E-state index is -0.993. The number of rotatable bonds is 6. The van der Waals surface area contributed by atoms with Crippen molar-refractivity contribution in [2.75, 3.05) is 0 Å². The number of hydrogen-bond donors (Lipinski definition) is 2. The zero-order valence-electron chi connectivity index (χ0n) is 10.1. The van der Waals surface area contributed by atoms with Gasteiger partial charge in [-0.1, -0.05) is 13.8 Å². The molecule has 5 nitrogen and oxygen atoms in total. The van der Waals surface area contributed by atoms with Gasteiger partial charge in [-0.05, 0) is 12.8 Å². The van der Waals surface area contributed by atoms with E-state index in [2.05, 4.69) is 24.1 Å². The van der Waals surface area contributed by atoms with E-state index in [4.69, 9.17) is 5.11 Å². The number of nitrogens with zero attached hydrogens (tertiary/aromatic N) is 1. The van der Waals surface area contributed by atoms with Gasteiger partial charge in [-0.25, -0.2) is 9.78 Å². The fourth-order valence-electron chi connectivity index (χ4n) is 1.44. The van der Waals surface area contributed by atoms with Crippen LogP contribution >= 0.6 is 11.3 Å². The lowest BCUT2D eigenvalue weighted by Gasteiger charge is -2.07. The van der Waals surface area contributed by atoms with Gasteiger partial charge >= 0.3 is 5.97 Å². The van der Waals surface area contributed by atoms with E-state index in [1.165, 1.54) is 11.3 Å². The van der Waals surface area contributed by atoms with Crippen LogP contribution in [0.3, 0.4) is 0 Å². The van der Waals surface area contributed by atoms with E-state index in [9.17, 15) is 9.59 Å². The lowest BCUT2D eigenvalue weighted by Crippen LogP contribution is -2.18. The van der Waals surface area contributed by atoms with Gasteiger partial charge in [0, 0.05) is 6.42 Å². The Labute approximate surface area is 104 Å². The third kappa shape index (κ3) is 3.52. The zero-order valence-corrected chi connectivity index (χ0v) is 10.9. The molecule has 0 bridgehead atoms. The summed E-state index contributed by atoms with van der Waals surface area (Å²) in [4.78, 5) is 26.0. The van der Waals surface area contributed by atoms with Crippen LogP contribution < -0.4 is 5.32 Å². The van der Waals surface area contributed by atoms with Crippen LogP contribution in [-0.4, -0.2) is 22.5 Å². The van der Waals surface area contributed by atoms with Gasteiger partial charge in [-0.2, -0.15) is 0 Å². The standard InChI is InChI=1S/C11H16N2O3S/c1-6(2)4-8-13-9(7(3)12-5-14)10(17-8)11(15)16/h5-7H,4H2,1-3H3,(H,12,14)(H,15,16)/t7-/m0/s1. The average Bonchev–Trinajstić information content (AvgIpc) is 2.61. The molecule has 0 saturated heterocycles. The molecule has 0 saturated carbocycles. The number of aromatic carboxylic acids is 1. The molecule has 0 spiro atoms. The molecule has 0 aromatic carbocycles.